The number of ether oxygens (including phenoxy) is 2. The summed E-state index contributed by atoms with van der Waals surface area (Å²) in [5.41, 5.74) is 14.4. The number of aromatic nitrogens is 4. The Bertz CT molecular complexity index is 1870. The molecule has 9 nitrogen and oxygen atoms in total. The SMILES string of the molecule is CCC1=C(C)c2cc3[nH+]c(oc4nc(cc5[nH]c(cc1n2)c(CC)c5C)C(CC)=C4CCOC(C)=O)C(CCOC(C)=O)=C3CC. The molecule has 9 heteroatoms. The van der Waals surface area contributed by atoms with Gasteiger partial charge in [0, 0.05) is 54.9 Å². The summed E-state index contributed by atoms with van der Waals surface area (Å²) in [5.74, 6) is 0.371. The maximum Gasteiger partial charge on any atom is 0.377 e. The molecule has 0 aromatic carbocycles. The minimum Gasteiger partial charge on any atom is -0.466 e. The molecule has 2 N–H and O–H groups in total. The topological polar surface area (TPSA) is 121 Å². The molecule has 0 radical (unpaired) electrons. The van der Waals surface area contributed by atoms with Crippen molar-refractivity contribution in [2.24, 2.45) is 0 Å². The molecule has 2 aromatic heterocycles. The maximum absolute atomic E-state index is 11.6. The third-order valence-corrected chi connectivity index (χ3v) is 8.97. The number of carbonyl (C=O) groups is 2. The van der Waals surface area contributed by atoms with Crippen molar-refractivity contribution >= 4 is 56.4 Å². The molecule has 5 heterocycles. The fourth-order valence-electron chi connectivity index (χ4n) is 6.67. The van der Waals surface area contributed by atoms with Crippen LogP contribution in [0.1, 0.15) is 126 Å². The van der Waals surface area contributed by atoms with Gasteiger partial charge in [-0.25, -0.2) is 9.97 Å². The fourth-order valence-corrected chi connectivity index (χ4v) is 6.67. The number of H-pyrrole nitrogens is 2. The van der Waals surface area contributed by atoms with Gasteiger partial charge in [0.25, 0.3) is 0 Å². The van der Waals surface area contributed by atoms with E-state index in [4.69, 9.17) is 23.9 Å². The first kappa shape index (κ1) is 32.9. The van der Waals surface area contributed by atoms with Crippen LogP contribution in [-0.4, -0.2) is 40.1 Å². The second kappa shape index (κ2) is 13.8. The molecule has 8 bridgehead atoms. The standard InChI is InChI=1S/C37H44N4O5/c1-9-24-20(5)30-17-34-26(11-3)28(13-15-44-22(7)42)36(40-34)46-37-29(14-16-45-23(8)43)27(12-4)35(41-37)18-31-21(6)25(10-2)33(39-31)19-32(24)38-30/h17-19,38H,9-16H2,1-8H3/p+1. The van der Waals surface area contributed by atoms with Gasteiger partial charge in [-0.3, -0.25) is 9.59 Å². The van der Waals surface area contributed by atoms with Crippen LogP contribution in [0.15, 0.2) is 22.6 Å². The minimum atomic E-state index is -0.328. The average molecular weight is 626 g/mol. The van der Waals surface area contributed by atoms with Gasteiger partial charge in [-0.05, 0) is 79.5 Å². The van der Waals surface area contributed by atoms with E-state index in [1.54, 1.807) is 0 Å². The summed E-state index contributed by atoms with van der Waals surface area (Å²) in [4.78, 5) is 40.7. The van der Waals surface area contributed by atoms with Gasteiger partial charge in [-0.15, -0.1) is 0 Å². The highest BCUT2D eigenvalue weighted by molar-refractivity contribution is 5.95. The molecule has 0 amide bonds. The Kier molecular flexibility index (Phi) is 9.89. The molecular weight excluding hydrogens is 580 g/mol. The zero-order valence-corrected chi connectivity index (χ0v) is 28.3. The number of rotatable bonds is 10. The first-order chi connectivity index (χ1) is 22.1. The van der Waals surface area contributed by atoms with Crippen molar-refractivity contribution in [3.8, 4) is 0 Å². The van der Waals surface area contributed by atoms with Crippen LogP contribution in [-0.2, 0) is 25.5 Å². The van der Waals surface area contributed by atoms with E-state index in [0.29, 0.717) is 24.6 Å². The highest BCUT2D eigenvalue weighted by atomic mass is 16.5. The molecule has 0 atom stereocenters. The third-order valence-electron chi connectivity index (χ3n) is 8.97. The molecule has 46 heavy (non-hydrogen) atoms. The molecule has 0 unspecified atom stereocenters. The Morgan fingerprint density at radius 1 is 0.739 bits per heavy atom. The van der Waals surface area contributed by atoms with Gasteiger partial charge in [0.1, 0.15) is 0 Å². The quantitative estimate of drug-likeness (QED) is 0.267. The monoisotopic (exact) mass is 625 g/mol. The molecule has 0 aliphatic carbocycles. The molecule has 3 aliphatic rings. The number of nitrogens with one attached hydrogen (secondary N) is 2. The van der Waals surface area contributed by atoms with Crippen molar-refractivity contribution in [1.82, 2.24) is 15.0 Å². The van der Waals surface area contributed by atoms with Crippen molar-refractivity contribution in [1.29, 1.82) is 0 Å². The molecule has 0 saturated heterocycles. The zero-order chi connectivity index (χ0) is 33.1. The van der Waals surface area contributed by atoms with Crippen molar-refractivity contribution in [2.75, 3.05) is 13.2 Å². The molecule has 0 spiro atoms. The second-order valence-corrected chi connectivity index (χ2v) is 11.8. The number of allylic oxidation sites excluding steroid dienone is 4. The highest BCUT2D eigenvalue weighted by Crippen LogP contribution is 2.39. The molecule has 2 aromatic rings. The smallest absolute Gasteiger partial charge is 0.377 e. The predicted molar refractivity (Wildman–Crippen MR) is 180 cm³/mol. The lowest BCUT2D eigenvalue weighted by molar-refractivity contribution is -0.398. The molecule has 242 valence electrons. The third kappa shape index (κ3) is 6.41. The largest absolute Gasteiger partial charge is 0.466 e. The van der Waals surface area contributed by atoms with Crippen LogP contribution in [0.2, 0.25) is 0 Å². The second-order valence-electron chi connectivity index (χ2n) is 11.8. The van der Waals surface area contributed by atoms with Crippen LogP contribution < -0.4 is 4.98 Å². The van der Waals surface area contributed by atoms with Crippen LogP contribution in [0.5, 0.6) is 0 Å². The number of fused-ring (bicyclic) bond motifs is 8. The van der Waals surface area contributed by atoms with E-state index < -0.39 is 0 Å². The number of carbonyl (C=O) groups excluding carboxylic acids is 2. The van der Waals surface area contributed by atoms with Crippen molar-refractivity contribution in [2.45, 2.75) is 93.9 Å². The average Bonchev–Trinajstić information content (AvgIpc) is 3.69. The van der Waals surface area contributed by atoms with Gasteiger partial charge in [-0.2, -0.15) is 4.98 Å². The van der Waals surface area contributed by atoms with Crippen molar-refractivity contribution in [3.05, 3.63) is 63.9 Å². The summed E-state index contributed by atoms with van der Waals surface area (Å²) in [5, 5.41) is 0. The number of nitrogens with zero attached hydrogens (tertiary/aromatic N) is 2. The summed E-state index contributed by atoms with van der Waals surface area (Å²) < 4.78 is 17.4. The summed E-state index contributed by atoms with van der Waals surface area (Å²) in [7, 11) is 0. The van der Waals surface area contributed by atoms with E-state index in [-0.39, 0.29) is 25.2 Å². The van der Waals surface area contributed by atoms with Gasteiger partial charge in [0.2, 0.25) is 11.6 Å². The van der Waals surface area contributed by atoms with E-state index >= 15 is 0 Å². The number of hydrogen-bond acceptors (Lipinski definition) is 7. The van der Waals surface area contributed by atoms with E-state index in [1.165, 1.54) is 30.5 Å². The lowest BCUT2D eigenvalue weighted by Gasteiger charge is -2.06. The molecule has 0 fully saturated rings. The Morgan fingerprint density at radius 2 is 1.35 bits per heavy atom. The minimum absolute atomic E-state index is 0.220. The van der Waals surface area contributed by atoms with Crippen LogP contribution in [0, 0.1) is 6.92 Å². The number of esters is 2. The van der Waals surface area contributed by atoms with Crippen LogP contribution >= 0.6 is 0 Å². The predicted octanol–water partition coefficient (Wildman–Crippen LogP) is 7.88. The molecule has 3 aliphatic heterocycles. The summed E-state index contributed by atoms with van der Waals surface area (Å²) >= 11 is 0. The Morgan fingerprint density at radius 3 is 1.96 bits per heavy atom. The van der Waals surface area contributed by atoms with Crippen molar-refractivity contribution < 1.29 is 28.5 Å². The Balaban J connectivity index is 1.88. The summed E-state index contributed by atoms with van der Waals surface area (Å²) in [6.07, 6.45) is 4.13. The molecule has 5 rings (SSSR count). The lowest BCUT2D eigenvalue weighted by Crippen LogP contribution is -2.08. The fraction of sp³-hybridized carbons (Fsp3) is 0.432. The molecule has 0 saturated carbocycles. The number of hydrogen-bond donors (Lipinski definition) is 1. The van der Waals surface area contributed by atoms with E-state index in [1.807, 2.05) is 0 Å². The molecular formula is C37H45N4O5+. The highest BCUT2D eigenvalue weighted by Gasteiger charge is 2.31. The van der Waals surface area contributed by atoms with E-state index in [9.17, 15) is 9.59 Å². The van der Waals surface area contributed by atoms with E-state index in [0.717, 1.165) is 87.4 Å². The lowest BCUT2D eigenvalue weighted by atomic mass is 10.00. The first-order valence-electron chi connectivity index (χ1n) is 16.4. The first-order valence-corrected chi connectivity index (χ1v) is 16.4. The van der Waals surface area contributed by atoms with E-state index in [2.05, 4.69) is 69.7 Å². The van der Waals surface area contributed by atoms with Gasteiger partial charge in [0.15, 0.2) is 0 Å². The normalized spacial score (nSPS) is 13.8. The van der Waals surface area contributed by atoms with Crippen LogP contribution in [0.3, 0.4) is 0 Å². The van der Waals surface area contributed by atoms with Gasteiger partial charge in [-0.1, -0.05) is 27.7 Å². The Hall–Kier alpha value is -4.53. The van der Waals surface area contributed by atoms with Crippen LogP contribution in [0.4, 0.5) is 0 Å². The van der Waals surface area contributed by atoms with Crippen LogP contribution in [0.25, 0.3) is 44.5 Å². The van der Waals surface area contributed by atoms with Crippen molar-refractivity contribution in [3.63, 3.8) is 0 Å². The van der Waals surface area contributed by atoms with Gasteiger partial charge >= 0.3 is 17.8 Å². The maximum atomic E-state index is 11.6. The number of aryl methyl sites for hydroxylation is 2. The Labute approximate surface area is 270 Å². The summed E-state index contributed by atoms with van der Waals surface area (Å²) in [6, 6.07) is 6.38. The summed E-state index contributed by atoms with van der Waals surface area (Å²) in [6.45, 7) is 16.1. The number of aromatic amines is 2. The zero-order valence-electron chi connectivity index (χ0n) is 28.3. The van der Waals surface area contributed by atoms with Gasteiger partial charge < -0.3 is 18.9 Å². The van der Waals surface area contributed by atoms with Gasteiger partial charge in [0.05, 0.1) is 35.9 Å².